The second-order valence-electron chi connectivity index (χ2n) is 7.23. The van der Waals surface area contributed by atoms with Crippen molar-refractivity contribution in [2.24, 2.45) is 0 Å². The smallest absolute Gasteiger partial charge is 0.242 e. The molecule has 1 unspecified atom stereocenters. The van der Waals surface area contributed by atoms with Crippen LogP contribution in [-0.2, 0) is 11.3 Å². The normalized spacial score (nSPS) is 16.9. The molecule has 0 aliphatic carbocycles. The van der Waals surface area contributed by atoms with Gasteiger partial charge in [0.05, 0.1) is 5.69 Å². The third-order valence-electron chi connectivity index (χ3n) is 5.32. The first kappa shape index (κ1) is 18.3. The van der Waals surface area contributed by atoms with Crippen LogP contribution in [0.15, 0.2) is 43.1 Å². The number of imidazole rings is 1. The van der Waals surface area contributed by atoms with Crippen LogP contribution < -0.4 is 0 Å². The summed E-state index contributed by atoms with van der Waals surface area (Å²) in [6, 6.07) is 3.95. The van der Waals surface area contributed by atoms with Crippen LogP contribution in [0.5, 0.6) is 0 Å². The highest BCUT2D eigenvalue weighted by Gasteiger charge is 2.28. The molecule has 0 saturated carbocycles. The van der Waals surface area contributed by atoms with Crippen molar-refractivity contribution in [3.05, 3.63) is 60.5 Å². The fraction of sp³-hybridized carbons (Fsp3) is 0.381. The van der Waals surface area contributed by atoms with Crippen LogP contribution in [0.4, 0.5) is 0 Å². The summed E-state index contributed by atoms with van der Waals surface area (Å²) in [7, 11) is 0. The highest BCUT2D eigenvalue weighted by atomic mass is 16.2. The Hall–Kier alpha value is -3.09. The summed E-state index contributed by atoms with van der Waals surface area (Å²) >= 11 is 0. The van der Waals surface area contributed by atoms with Crippen molar-refractivity contribution >= 4 is 5.91 Å². The van der Waals surface area contributed by atoms with Gasteiger partial charge in [0.15, 0.2) is 0 Å². The molecule has 144 valence electrons. The Morgan fingerprint density at radius 1 is 1.18 bits per heavy atom. The van der Waals surface area contributed by atoms with E-state index in [2.05, 4.69) is 15.0 Å². The van der Waals surface area contributed by atoms with Gasteiger partial charge in [-0.1, -0.05) is 0 Å². The number of aromatic nitrogens is 5. The standard InChI is InChI=1S/C21H24N6O/c1-15-24-12-19(17-5-7-22-8-6-17)21(25-15)18-4-3-10-27(13-18)20(28)14-26-11-9-23-16(26)2/h5-9,11-12,18H,3-4,10,13-14H2,1-2H3. The third-order valence-corrected chi connectivity index (χ3v) is 5.32. The fourth-order valence-electron chi connectivity index (χ4n) is 3.80. The SMILES string of the molecule is Cc1ncc(-c2ccncc2)c(C2CCCN(C(=O)Cn3ccnc3C)C2)n1. The Kier molecular flexibility index (Phi) is 5.14. The van der Waals surface area contributed by atoms with Gasteiger partial charge in [0, 0.05) is 55.6 Å². The van der Waals surface area contributed by atoms with Crippen molar-refractivity contribution in [2.75, 3.05) is 13.1 Å². The fourth-order valence-corrected chi connectivity index (χ4v) is 3.80. The maximum absolute atomic E-state index is 12.9. The molecule has 7 nitrogen and oxygen atoms in total. The van der Waals surface area contributed by atoms with E-state index in [1.807, 2.05) is 47.8 Å². The number of hydrogen-bond acceptors (Lipinski definition) is 5. The highest BCUT2D eigenvalue weighted by molar-refractivity contribution is 5.76. The maximum Gasteiger partial charge on any atom is 0.242 e. The molecule has 1 aliphatic rings. The van der Waals surface area contributed by atoms with E-state index >= 15 is 0 Å². The number of aryl methyl sites for hydroxylation is 2. The lowest BCUT2D eigenvalue weighted by molar-refractivity contribution is -0.133. The van der Waals surface area contributed by atoms with Gasteiger partial charge in [-0.2, -0.15) is 0 Å². The molecule has 1 amide bonds. The summed E-state index contributed by atoms with van der Waals surface area (Å²) in [5.74, 6) is 1.94. The number of carbonyl (C=O) groups is 1. The minimum absolute atomic E-state index is 0.127. The lowest BCUT2D eigenvalue weighted by Gasteiger charge is -2.33. The Labute approximate surface area is 164 Å². The number of rotatable bonds is 4. The van der Waals surface area contributed by atoms with Crippen molar-refractivity contribution < 1.29 is 4.79 Å². The van der Waals surface area contributed by atoms with Crippen molar-refractivity contribution in [3.63, 3.8) is 0 Å². The maximum atomic E-state index is 12.9. The van der Waals surface area contributed by atoms with E-state index in [-0.39, 0.29) is 11.8 Å². The first-order valence-electron chi connectivity index (χ1n) is 9.61. The van der Waals surface area contributed by atoms with Crippen LogP contribution in [0.1, 0.15) is 36.1 Å². The molecule has 3 aromatic heterocycles. The largest absolute Gasteiger partial charge is 0.340 e. The summed E-state index contributed by atoms with van der Waals surface area (Å²) in [6.45, 7) is 5.63. The van der Waals surface area contributed by atoms with Crippen molar-refractivity contribution in [3.8, 4) is 11.1 Å². The molecular formula is C21H24N6O. The van der Waals surface area contributed by atoms with E-state index < -0.39 is 0 Å². The predicted octanol–water partition coefficient (Wildman–Crippen LogP) is 2.76. The molecule has 1 aliphatic heterocycles. The van der Waals surface area contributed by atoms with Gasteiger partial charge < -0.3 is 9.47 Å². The van der Waals surface area contributed by atoms with Gasteiger partial charge in [-0.15, -0.1) is 0 Å². The molecule has 1 atom stereocenters. The predicted molar refractivity (Wildman–Crippen MR) is 106 cm³/mol. The number of hydrogen-bond donors (Lipinski definition) is 0. The van der Waals surface area contributed by atoms with Crippen molar-refractivity contribution in [1.29, 1.82) is 0 Å². The van der Waals surface area contributed by atoms with Crippen LogP contribution in [0.3, 0.4) is 0 Å². The number of likely N-dealkylation sites (tertiary alicyclic amines) is 1. The number of nitrogens with zero attached hydrogens (tertiary/aromatic N) is 6. The van der Waals surface area contributed by atoms with E-state index in [1.54, 1.807) is 18.6 Å². The van der Waals surface area contributed by atoms with Gasteiger partial charge in [0.1, 0.15) is 18.2 Å². The minimum Gasteiger partial charge on any atom is -0.340 e. The Morgan fingerprint density at radius 2 is 2.00 bits per heavy atom. The average Bonchev–Trinajstić information content (AvgIpc) is 3.13. The lowest BCUT2D eigenvalue weighted by atomic mass is 9.90. The van der Waals surface area contributed by atoms with E-state index in [4.69, 9.17) is 4.98 Å². The molecule has 0 aromatic carbocycles. The van der Waals surface area contributed by atoms with Crippen LogP contribution in [0.2, 0.25) is 0 Å². The third kappa shape index (κ3) is 3.78. The summed E-state index contributed by atoms with van der Waals surface area (Å²) in [5, 5.41) is 0. The first-order valence-corrected chi connectivity index (χ1v) is 9.61. The summed E-state index contributed by atoms with van der Waals surface area (Å²) in [5.41, 5.74) is 3.11. The van der Waals surface area contributed by atoms with Crippen LogP contribution in [0.25, 0.3) is 11.1 Å². The van der Waals surface area contributed by atoms with Crippen molar-refractivity contribution in [2.45, 2.75) is 39.2 Å². The second-order valence-corrected chi connectivity index (χ2v) is 7.23. The number of carbonyl (C=O) groups excluding carboxylic acids is 1. The molecule has 0 N–H and O–H groups in total. The zero-order valence-electron chi connectivity index (χ0n) is 16.2. The van der Waals surface area contributed by atoms with Crippen molar-refractivity contribution in [1.82, 2.24) is 29.4 Å². The van der Waals surface area contributed by atoms with E-state index in [1.165, 1.54) is 0 Å². The Balaban J connectivity index is 1.57. The molecule has 4 heterocycles. The molecule has 1 fully saturated rings. The zero-order valence-corrected chi connectivity index (χ0v) is 16.2. The van der Waals surface area contributed by atoms with E-state index in [0.29, 0.717) is 13.1 Å². The number of piperidine rings is 1. The summed E-state index contributed by atoms with van der Waals surface area (Å²) in [4.78, 5) is 32.3. The molecule has 0 radical (unpaired) electrons. The lowest BCUT2D eigenvalue weighted by Crippen LogP contribution is -2.41. The molecular weight excluding hydrogens is 352 g/mol. The number of pyridine rings is 1. The molecule has 1 saturated heterocycles. The molecule has 28 heavy (non-hydrogen) atoms. The summed E-state index contributed by atoms with van der Waals surface area (Å²) in [6.07, 6.45) is 11.0. The second kappa shape index (κ2) is 7.88. The average molecular weight is 376 g/mol. The van der Waals surface area contributed by atoms with Gasteiger partial charge in [0.25, 0.3) is 0 Å². The molecule has 0 bridgehead atoms. The quantitative estimate of drug-likeness (QED) is 0.700. The molecule has 7 heteroatoms. The highest BCUT2D eigenvalue weighted by Crippen LogP contribution is 2.32. The zero-order chi connectivity index (χ0) is 19.5. The Bertz CT molecular complexity index is 968. The Morgan fingerprint density at radius 3 is 2.75 bits per heavy atom. The topological polar surface area (TPSA) is 76.8 Å². The first-order chi connectivity index (χ1) is 13.6. The molecule has 4 rings (SSSR count). The van der Waals surface area contributed by atoms with Gasteiger partial charge in [-0.3, -0.25) is 9.78 Å². The monoisotopic (exact) mass is 376 g/mol. The van der Waals surface area contributed by atoms with Gasteiger partial charge in [0.2, 0.25) is 5.91 Å². The van der Waals surface area contributed by atoms with Gasteiger partial charge >= 0.3 is 0 Å². The van der Waals surface area contributed by atoms with E-state index in [9.17, 15) is 4.79 Å². The van der Waals surface area contributed by atoms with Crippen LogP contribution >= 0.6 is 0 Å². The molecule has 3 aromatic rings. The van der Waals surface area contributed by atoms with Gasteiger partial charge in [-0.25, -0.2) is 15.0 Å². The van der Waals surface area contributed by atoms with E-state index in [0.717, 1.165) is 47.9 Å². The minimum atomic E-state index is 0.127. The molecule has 0 spiro atoms. The van der Waals surface area contributed by atoms with Gasteiger partial charge in [-0.05, 0) is 44.4 Å². The van der Waals surface area contributed by atoms with Crippen LogP contribution in [-0.4, -0.2) is 48.4 Å². The summed E-state index contributed by atoms with van der Waals surface area (Å²) < 4.78 is 1.89. The number of amides is 1. The van der Waals surface area contributed by atoms with Crippen LogP contribution in [0, 0.1) is 13.8 Å².